The van der Waals surface area contributed by atoms with Crippen molar-refractivity contribution in [3.8, 4) is 11.5 Å². The summed E-state index contributed by atoms with van der Waals surface area (Å²) in [5, 5.41) is 0. The van der Waals surface area contributed by atoms with Gasteiger partial charge in [-0.1, -0.05) is 32.3 Å². The maximum Gasteiger partial charge on any atom is 0.247 e. The second-order valence-electron chi connectivity index (χ2n) is 7.09. The van der Waals surface area contributed by atoms with Crippen molar-refractivity contribution in [3.63, 3.8) is 0 Å². The number of unbranched alkanes of at least 4 members (excludes halogenated alkanes) is 3. The topological polar surface area (TPSA) is 38.8 Å². The molecule has 0 bridgehead atoms. The van der Waals surface area contributed by atoms with Crippen LogP contribution in [0.25, 0.3) is 6.08 Å². The van der Waals surface area contributed by atoms with Crippen LogP contribution >= 0.6 is 0 Å². The Kier molecular flexibility index (Phi) is 9.85. The van der Waals surface area contributed by atoms with Crippen LogP contribution in [0.2, 0.25) is 0 Å². The lowest BCUT2D eigenvalue weighted by molar-refractivity contribution is -0.129. The standard InChI is InChI=1S/C22H35NO3/c1-7-8-9-10-15-26-20-13-11-19(16-21(20)25-6)12-14-22(24)23(17(2)3)18(4)5/h11-14,16-18H,7-10,15H2,1-6H3/b14-12+. The summed E-state index contributed by atoms with van der Waals surface area (Å²) in [7, 11) is 1.64. The van der Waals surface area contributed by atoms with E-state index in [2.05, 4.69) is 6.92 Å². The SMILES string of the molecule is CCCCCCOc1ccc(/C=C/C(=O)N(C(C)C)C(C)C)cc1OC. The van der Waals surface area contributed by atoms with Crippen LogP contribution in [-0.2, 0) is 4.79 Å². The second kappa shape index (κ2) is 11.6. The lowest BCUT2D eigenvalue weighted by Gasteiger charge is -2.29. The molecule has 0 atom stereocenters. The first-order chi connectivity index (χ1) is 12.4. The summed E-state index contributed by atoms with van der Waals surface area (Å²) in [6, 6.07) is 6.10. The van der Waals surface area contributed by atoms with Crippen molar-refractivity contribution in [3.05, 3.63) is 29.8 Å². The Balaban J connectivity index is 2.75. The number of ether oxygens (including phenoxy) is 2. The number of benzene rings is 1. The molecule has 0 spiro atoms. The fourth-order valence-corrected chi connectivity index (χ4v) is 2.98. The maximum absolute atomic E-state index is 12.4. The van der Waals surface area contributed by atoms with Crippen molar-refractivity contribution in [1.82, 2.24) is 4.90 Å². The molecule has 0 unspecified atom stereocenters. The van der Waals surface area contributed by atoms with Gasteiger partial charge in [-0.05, 0) is 57.9 Å². The molecular weight excluding hydrogens is 326 g/mol. The number of carbonyl (C=O) groups is 1. The summed E-state index contributed by atoms with van der Waals surface area (Å²) in [5.41, 5.74) is 0.918. The molecule has 1 amide bonds. The number of rotatable bonds is 11. The Labute approximate surface area is 159 Å². The van der Waals surface area contributed by atoms with Gasteiger partial charge in [0.15, 0.2) is 11.5 Å². The van der Waals surface area contributed by atoms with Crippen LogP contribution in [0.4, 0.5) is 0 Å². The molecule has 0 fully saturated rings. The molecule has 0 aliphatic carbocycles. The highest BCUT2D eigenvalue weighted by Crippen LogP contribution is 2.29. The zero-order chi connectivity index (χ0) is 19.5. The molecule has 0 saturated carbocycles. The predicted octanol–water partition coefficient (Wildman–Crippen LogP) is 5.31. The molecule has 1 rings (SSSR count). The molecule has 0 saturated heterocycles. The molecule has 26 heavy (non-hydrogen) atoms. The predicted molar refractivity (Wildman–Crippen MR) is 109 cm³/mol. The Morgan fingerprint density at radius 2 is 1.77 bits per heavy atom. The van der Waals surface area contributed by atoms with Gasteiger partial charge in [-0.2, -0.15) is 0 Å². The minimum Gasteiger partial charge on any atom is -0.493 e. The molecule has 0 radical (unpaired) electrons. The number of hydrogen-bond acceptors (Lipinski definition) is 3. The molecule has 1 aromatic rings. The fraction of sp³-hybridized carbons (Fsp3) is 0.591. The van der Waals surface area contributed by atoms with E-state index in [0.29, 0.717) is 12.4 Å². The van der Waals surface area contributed by atoms with E-state index in [0.717, 1.165) is 17.7 Å². The van der Waals surface area contributed by atoms with Gasteiger partial charge in [0.25, 0.3) is 0 Å². The lowest BCUT2D eigenvalue weighted by Crippen LogP contribution is -2.41. The van der Waals surface area contributed by atoms with Crippen molar-refractivity contribution >= 4 is 12.0 Å². The quantitative estimate of drug-likeness (QED) is 0.396. The van der Waals surface area contributed by atoms with Gasteiger partial charge in [0.1, 0.15) is 0 Å². The molecule has 1 aromatic carbocycles. The van der Waals surface area contributed by atoms with E-state index in [-0.39, 0.29) is 18.0 Å². The Hall–Kier alpha value is -1.97. The highest BCUT2D eigenvalue weighted by Gasteiger charge is 2.17. The minimum absolute atomic E-state index is 0.0187. The summed E-state index contributed by atoms with van der Waals surface area (Å²) in [5.74, 6) is 1.46. The van der Waals surface area contributed by atoms with E-state index in [1.165, 1.54) is 19.3 Å². The summed E-state index contributed by atoms with van der Waals surface area (Å²) >= 11 is 0. The summed E-state index contributed by atoms with van der Waals surface area (Å²) in [4.78, 5) is 14.3. The van der Waals surface area contributed by atoms with E-state index < -0.39 is 0 Å². The highest BCUT2D eigenvalue weighted by molar-refractivity contribution is 5.92. The van der Waals surface area contributed by atoms with E-state index in [1.54, 1.807) is 13.2 Å². The zero-order valence-electron chi connectivity index (χ0n) is 17.2. The Bertz CT molecular complexity index is 571. The Morgan fingerprint density at radius 1 is 1.08 bits per heavy atom. The third-order valence-corrected chi connectivity index (χ3v) is 4.23. The highest BCUT2D eigenvalue weighted by atomic mass is 16.5. The zero-order valence-corrected chi connectivity index (χ0v) is 17.2. The number of nitrogens with zero attached hydrogens (tertiary/aromatic N) is 1. The van der Waals surface area contributed by atoms with Crippen LogP contribution < -0.4 is 9.47 Å². The van der Waals surface area contributed by atoms with Crippen molar-refractivity contribution in [2.24, 2.45) is 0 Å². The number of hydrogen-bond donors (Lipinski definition) is 0. The number of carbonyl (C=O) groups excluding carboxylic acids is 1. The first-order valence-corrected chi connectivity index (χ1v) is 9.71. The van der Waals surface area contributed by atoms with Crippen molar-refractivity contribution in [2.45, 2.75) is 72.4 Å². The Morgan fingerprint density at radius 3 is 2.35 bits per heavy atom. The maximum atomic E-state index is 12.4. The van der Waals surface area contributed by atoms with Gasteiger partial charge in [-0.3, -0.25) is 4.79 Å². The van der Waals surface area contributed by atoms with Crippen LogP contribution in [0.15, 0.2) is 24.3 Å². The molecule has 0 aromatic heterocycles. The molecule has 0 N–H and O–H groups in total. The van der Waals surface area contributed by atoms with Gasteiger partial charge >= 0.3 is 0 Å². The van der Waals surface area contributed by atoms with Gasteiger partial charge in [0, 0.05) is 18.2 Å². The summed E-state index contributed by atoms with van der Waals surface area (Å²) in [6.07, 6.45) is 8.14. The normalized spacial score (nSPS) is 11.4. The van der Waals surface area contributed by atoms with Crippen LogP contribution in [0.1, 0.15) is 65.9 Å². The molecule has 0 heterocycles. The van der Waals surface area contributed by atoms with Crippen LogP contribution in [0.5, 0.6) is 11.5 Å². The first-order valence-electron chi connectivity index (χ1n) is 9.71. The second-order valence-corrected chi connectivity index (χ2v) is 7.09. The fourth-order valence-electron chi connectivity index (χ4n) is 2.98. The van der Waals surface area contributed by atoms with Gasteiger partial charge in [-0.25, -0.2) is 0 Å². The van der Waals surface area contributed by atoms with Crippen LogP contribution in [-0.4, -0.2) is 36.6 Å². The van der Waals surface area contributed by atoms with E-state index in [4.69, 9.17) is 9.47 Å². The van der Waals surface area contributed by atoms with Crippen molar-refractivity contribution in [2.75, 3.05) is 13.7 Å². The molecule has 146 valence electrons. The third kappa shape index (κ3) is 7.11. The summed E-state index contributed by atoms with van der Waals surface area (Å²) < 4.78 is 11.3. The van der Waals surface area contributed by atoms with Gasteiger partial charge in [-0.15, -0.1) is 0 Å². The molecule has 4 nitrogen and oxygen atoms in total. The van der Waals surface area contributed by atoms with Gasteiger partial charge in [0.05, 0.1) is 13.7 Å². The smallest absolute Gasteiger partial charge is 0.247 e. The van der Waals surface area contributed by atoms with E-state index in [9.17, 15) is 4.79 Å². The summed E-state index contributed by atoms with van der Waals surface area (Å²) in [6.45, 7) is 11.0. The molecular formula is C22H35NO3. The average molecular weight is 362 g/mol. The van der Waals surface area contributed by atoms with Gasteiger partial charge in [0.2, 0.25) is 5.91 Å². The monoisotopic (exact) mass is 361 g/mol. The third-order valence-electron chi connectivity index (χ3n) is 4.23. The average Bonchev–Trinajstić information content (AvgIpc) is 2.59. The number of amides is 1. The van der Waals surface area contributed by atoms with Crippen LogP contribution in [0.3, 0.4) is 0 Å². The first kappa shape index (κ1) is 22.1. The molecule has 4 heteroatoms. The van der Waals surface area contributed by atoms with Gasteiger partial charge < -0.3 is 14.4 Å². The van der Waals surface area contributed by atoms with E-state index >= 15 is 0 Å². The van der Waals surface area contributed by atoms with Crippen molar-refractivity contribution < 1.29 is 14.3 Å². The van der Waals surface area contributed by atoms with Crippen LogP contribution in [0, 0.1) is 0 Å². The lowest BCUT2D eigenvalue weighted by atomic mass is 10.1. The molecule has 0 aliphatic rings. The van der Waals surface area contributed by atoms with E-state index in [1.807, 2.05) is 56.9 Å². The minimum atomic E-state index is 0.0187. The van der Waals surface area contributed by atoms with Crippen molar-refractivity contribution in [1.29, 1.82) is 0 Å². The molecule has 0 aliphatic heterocycles. The largest absolute Gasteiger partial charge is 0.493 e. The number of methoxy groups -OCH3 is 1.